The van der Waals surface area contributed by atoms with Crippen molar-refractivity contribution in [2.24, 2.45) is 0 Å². The Bertz CT molecular complexity index is 437. The van der Waals surface area contributed by atoms with E-state index in [0.29, 0.717) is 16.8 Å². The van der Waals surface area contributed by atoms with E-state index in [-0.39, 0.29) is 11.9 Å². The average molecular weight is 280 g/mol. The fraction of sp³-hybridized carbons (Fsp3) is 0.615. The molecule has 6 heteroatoms. The van der Waals surface area contributed by atoms with Crippen LogP contribution in [0.4, 0.5) is 5.82 Å². The molecule has 2 rings (SSSR count). The van der Waals surface area contributed by atoms with Gasteiger partial charge in [0.25, 0.3) is 5.91 Å². The van der Waals surface area contributed by atoms with Crippen LogP contribution >= 0.6 is 11.8 Å². The van der Waals surface area contributed by atoms with Gasteiger partial charge in [-0.3, -0.25) is 4.79 Å². The van der Waals surface area contributed by atoms with Crippen LogP contribution in [0.3, 0.4) is 0 Å². The molecule has 1 aromatic rings. The lowest BCUT2D eigenvalue weighted by Crippen LogP contribution is -2.48. The summed E-state index contributed by atoms with van der Waals surface area (Å²) < 4.78 is 0. The molecule has 1 aliphatic rings. The lowest BCUT2D eigenvalue weighted by molar-refractivity contribution is 0.0691. The Morgan fingerprint density at radius 3 is 2.89 bits per heavy atom. The van der Waals surface area contributed by atoms with Crippen LogP contribution in [-0.2, 0) is 0 Å². The monoisotopic (exact) mass is 280 g/mol. The lowest BCUT2D eigenvalue weighted by Gasteiger charge is -2.37. The SMILES string of the molecule is CCNc1cnc(C(=O)N2CCSC(C)C2C)cn1. The topological polar surface area (TPSA) is 58.1 Å². The molecule has 19 heavy (non-hydrogen) atoms. The number of carbonyl (C=O) groups is 1. The summed E-state index contributed by atoms with van der Waals surface area (Å²) in [4.78, 5) is 22.7. The van der Waals surface area contributed by atoms with Crippen molar-refractivity contribution in [1.82, 2.24) is 14.9 Å². The molecule has 0 aliphatic carbocycles. The van der Waals surface area contributed by atoms with E-state index in [9.17, 15) is 4.79 Å². The molecule has 2 unspecified atom stereocenters. The van der Waals surface area contributed by atoms with E-state index in [1.165, 1.54) is 0 Å². The van der Waals surface area contributed by atoms with Gasteiger partial charge >= 0.3 is 0 Å². The molecule has 0 radical (unpaired) electrons. The van der Waals surface area contributed by atoms with Gasteiger partial charge in [-0.2, -0.15) is 11.8 Å². The van der Waals surface area contributed by atoms with E-state index in [2.05, 4.69) is 29.1 Å². The molecular weight excluding hydrogens is 260 g/mol. The summed E-state index contributed by atoms with van der Waals surface area (Å²) in [5, 5.41) is 3.53. The quantitative estimate of drug-likeness (QED) is 0.916. The zero-order valence-electron chi connectivity index (χ0n) is 11.6. The number of aromatic nitrogens is 2. The number of thioether (sulfide) groups is 1. The molecule has 1 fully saturated rings. The maximum atomic E-state index is 12.4. The van der Waals surface area contributed by atoms with E-state index in [1.54, 1.807) is 12.4 Å². The van der Waals surface area contributed by atoms with Crippen LogP contribution in [-0.4, -0.2) is 50.9 Å². The number of anilines is 1. The fourth-order valence-corrected chi connectivity index (χ4v) is 3.18. The van der Waals surface area contributed by atoms with Gasteiger partial charge in [-0.1, -0.05) is 6.92 Å². The van der Waals surface area contributed by atoms with Gasteiger partial charge in [0, 0.05) is 30.1 Å². The third-order valence-electron chi connectivity index (χ3n) is 3.37. The second-order valence-corrected chi connectivity index (χ2v) is 6.12. The highest BCUT2D eigenvalue weighted by Crippen LogP contribution is 2.25. The summed E-state index contributed by atoms with van der Waals surface area (Å²) in [6.45, 7) is 7.82. The summed E-state index contributed by atoms with van der Waals surface area (Å²) in [5.74, 6) is 1.67. The standard InChI is InChI=1S/C13H20N4OS/c1-4-14-12-8-15-11(7-16-12)13(18)17-5-6-19-10(3)9(17)2/h7-10H,4-6H2,1-3H3,(H,14,16). The summed E-state index contributed by atoms with van der Waals surface area (Å²) in [5.41, 5.74) is 0.424. The van der Waals surface area contributed by atoms with Gasteiger partial charge in [0.15, 0.2) is 0 Å². The summed E-state index contributed by atoms with van der Waals surface area (Å²) in [7, 11) is 0. The first kappa shape index (κ1) is 14.1. The number of hydrogen-bond acceptors (Lipinski definition) is 5. The normalized spacial score (nSPS) is 23.2. The molecular formula is C13H20N4OS. The van der Waals surface area contributed by atoms with Crippen molar-refractivity contribution in [2.45, 2.75) is 32.1 Å². The number of nitrogens with one attached hydrogen (secondary N) is 1. The van der Waals surface area contributed by atoms with Crippen LogP contribution in [0.1, 0.15) is 31.3 Å². The molecule has 1 aromatic heterocycles. The van der Waals surface area contributed by atoms with Crippen molar-refractivity contribution in [3.05, 3.63) is 18.1 Å². The highest BCUT2D eigenvalue weighted by Gasteiger charge is 2.30. The van der Waals surface area contributed by atoms with Crippen LogP contribution in [0.15, 0.2) is 12.4 Å². The highest BCUT2D eigenvalue weighted by molar-refractivity contribution is 8.00. The average Bonchev–Trinajstić information content (AvgIpc) is 2.42. The van der Waals surface area contributed by atoms with E-state index >= 15 is 0 Å². The minimum atomic E-state index is -0.0183. The number of rotatable bonds is 3. The van der Waals surface area contributed by atoms with Crippen LogP contribution in [0, 0.1) is 0 Å². The molecule has 0 saturated carbocycles. The maximum Gasteiger partial charge on any atom is 0.274 e. The molecule has 2 atom stereocenters. The second-order valence-electron chi connectivity index (χ2n) is 4.63. The second kappa shape index (κ2) is 6.23. The van der Waals surface area contributed by atoms with Gasteiger partial charge in [-0.05, 0) is 13.8 Å². The van der Waals surface area contributed by atoms with Gasteiger partial charge in [0.05, 0.1) is 12.4 Å². The molecule has 1 amide bonds. The molecule has 0 spiro atoms. The molecule has 104 valence electrons. The summed E-state index contributed by atoms with van der Waals surface area (Å²) >= 11 is 1.91. The first-order chi connectivity index (χ1) is 9.13. The smallest absolute Gasteiger partial charge is 0.274 e. The summed E-state index contributed by atoms with van der Waals surface area (Å²) in [6.07, 6.45) is 3.17. The van der Waals surface area contributed by atoms with Crippen molar-refractivity contribution in [2.75, 3.05) is 24.2 Å². The van der Waals surface area contributed by atoms with Gasteiger partial charge in [0.1, 0.15) is 11.5 Å². The molecule has 1 saturated heterocycles. The predicted octanol–water partition coefficient (Wildman–Crippen LogP) is 1.87. The first-order valence-corrected chi connectivity index (χ1v) is 7.66. The van der Waals surface area contributed by atoms with Crippen molar-refractivity contribution in [3.8, 4) is 0 Å². The molecule has 0 aromatic carbocycles. The molecule has 1 aliphatic heterocycles. The van der Waals surface area contributed by atoms with Crippen LogP contribution in [0.5, 0.6) is 0 Å². The van der Waals surface area contributed by atoms with Crippen LogP contribution in [0.2, 0.25) is 0 Å². The highest BCUT2D eigenvalue weighted by atomic mass is 32.2. The number of nitrogens with zero attached hydrogens (tertiary/aromatic N) is 3. The Labute approximate surface area is 118 Å². The Hall–Kier alpha value is -1.30. The van der Waals surface area contributed by atoms with Crippen molar-refractivity contribution in [3.63, 3.8) is 0 Å². The Balaban J connectivity index is 2.10. The predicted molar refractivity (Wildman–Crippen MR) is 78.6 cm³/mol. The lowest BCUT2D eigenvalue weighted by atomic mass is 10.2. The molecule has 0 bridgehead atoms. The fourth-order valence-electron chi connectivity index (χ4n) is 2.08. The van der Waals surface area contributed by atoms with E-state index in [1.807, 2.05) is 23.6 Å². The molecule has 2 heterocycles. The van der Waals surface area contributed by atoms with Crippen molar-refractivity contribution >= 4 is 23.5 Å². The maximum absolute atomic E-state index is 12.4. The molecule has 5 nitrogen and oxygen atoms in total. The summed E-state index contributed by atoms with van der Waals surface area (Å²) in [6, 6.07) is 0.237. The van der Waals surface area contributed by atoms with Gasteiger partial charge in [-0.15, -0.1) is 0 Å². The van der Waals surface area contributed by atoms with Gasteiger partial charge < -0.3 is 10.2 Å². The zero-order valence-corrected chi connectivity index (χ0v) is 12.4. The largest absolute Gasteiger partial charge is 0.369 e. The van der Waals surface area contributed by atoms with E-state index < -0.39 is 0 Å². The molecule has 1 N–H and O–H groups in total. The first-order valence-electron chi connectivity index (χ1n) is 6.62. The van der Waals surface area contributed by atoms with Gasteiger partial charge in [-0.25, -0.2) is 9.97 Å². The Morgan fingerprint density at radius 2 is 2.26 bits per heavy atom. The third kappa shape index (κ3) is 3.18. The zero-order chi connectivity index (χ0) is 13.8. The van der Waals surface area contributed by atoms with Gasteiger partial charge in [0.2, 0.25) is 0 Å². The Morgan fingerprint density at radius 1 is 1.47 bits per heavy atom. The number of carbonyl (C=O) groups excluding carboxylic acids is 1. The number of hydrogen-bond donors (Lipinski definition) is 1. The number of amides is 1. The van der Waals surface area contributed by atoms with Crippen molar-refractivity contribution in [1.29, 1.82) is 0 Å². The van der Waals surface area contributed by atoms with E-state index in [0.717, 1.165) is 18.8 Å². The minimum absolute atomic E-state index is 0.0183. The van der Waals surface area contributed by atoms with Crippen molar-refractivity contribution < 1.29 is 4.79 Å². The van der Waals surface area contributed by atoms with Crippen LogP contribution in [0.25, 0.3) is 0 Å². The van der Waals surface area contributed by atoms with Crippen LogP contribution < -0.4 is 5.32 Å². The van der Waals surface area contributed by atoms with E-state index in [4.69, 9.17) is 0 Å². The third-order valence-corrected chi connectivity index (χ3v) is 4.71. The Kier molecular flexibility index (Phi) is 4.63. The minimum Gasteiger partial charge on any atom is -0.369 e.